The van der Waals surface area contributed by atoms with E-state index in [1.165, 1.54) is 0 Å². The second kappa shape index (κ2) is 6.20. The molecule has 0 aliphatic carbocycles. The highest BCUT2D eigenvalue weighted by molar-refractivity contribution is 9.10. The molecule has 84 valence electrons. The fraction of sp³-hybridized carbons (Fsp3) is 0.545. The van der Waals surface area contributed by atoms with E-state index in [-0.39, 0.29) is 6.04 Å². The van der Waals surface area contributed by atoms with E-state index in [2.05, 4.69) is 39.9 Å². The largest absolute Gasteiger partial charge is 0.327 e. The number of hydrogen-bond donors (Lipinski definition) is 1. The number of hydrogen-bond acceptors (Lipinski definition) is 3. The molecule has 15 heavy (non-hydrogen) atoms. The minimum Gasteiger partial charge on any atom is -0.327 e. The molecule has 0 saturated heterocycles. The van der Waals surface area contributed by atoms with Crippen molar-refractivity contribution < 1.29 is 0 Å². The van der Waals surface area contributed by atoms with Crippen molar-refractivity contribution >= 4 is 15.9 Å². The van der Waals surface area contributed by atoms with Crippen LogP contribution in [0, 0.1) is 0 Å². The average molecular weight is 272 g/mol. The zero-order valence-electron chi connectivity index (χ0n) is 9.28. The molecule has 0 bridgehead atoms. The van der Waals surface area contributed by atoms with Crippen molar-refractivity contribution in [3.63, 3.8) is 0 Å². The molecule has 1 atom stereocenters. The Kier molecular flexibility index (Phi) is 5.22. The molecule has 0 aliphatic rings. The molecule has 4 heteroatoms. The molecule has 0 amide bonds. The molecule has 1 unspecified atom stereocenters. The summed E-state index contributed by atoms with van der Waals surface area (Å²) in [6.07, 6.45) is 3.67. The highest BCUT2D eigenvalue weighted by Crippen LogP contribution is 2.09. The minimum absolute atomic E-state index is 0.195. The number of nitrogens with two attached hydrogens (primary N) is 1. The zero-order valence-corrected chi connectivity index (χ0v) is 10.9. The fourth-order valence-electron chi connectivity index (χ4n) is 1.32. The molecule has 1 aromatic rings. The Labute approximate surface area is 99.8 Å². The van der Waals surface area contributed by atoms with Gasteiger partial charge in [-0.15, -0.1) is 0 Å². The third kappa shape index (κ3) is 5.25. The molecule has 1 heterocycles. The van der Waals surface area contributed by atoms with Gasteiger partial charge in [0, 0.05) is 28.8 Å². The lowest BCUT2D eigenvalue weighted by Gasteiger charge is -2.14. The molecule has 1 rings (SSSR count). The Morgan fingerprint density at radius 2 is 2.20 bits per heavy atom. The van der Waals surface area contributed by atoms with Crippen LogP contribution >= 0.6 is 15.9 Å². The van der Waals surface area contributed by atoms with E-state index in [0.29, 0.717) is 0 Å². The first kappa shape index (κ1) is 12.6. The van der Waals surface area contributed by atoms with Gasteiger partial charge in [-0.1, -0.05) is 0 Å². The van der Waals surface area contributed by atoms with Gasteiger partial charge in [0.1, 0.15) is 0 Å². The summed E-state index contributed by atoms with van der Waals surface area (Å²) in [5, 5.41) is 0. The van der Waals surface area contributed by atoms with Crippen molar-refractivity contribution in [3.8, 4) is 0 Å². The van der Waals surface area contributed by atoms with Crippen LogP contribution in [0.4, 0.5) is 0 Å². The molecule has 0 fully saturated rings. The lowest BCUT2D eigenvalue weighted by molar-refractivity contribution is 0.379. The highest BCUT2D eigenvalue weighted by atomic mass is 79.9. The molecular weight excluding hydrogens is 254 g/mol. The van der Waals surface area contributed by atoms with E-state index in [0.717, 1.165) is 29.6 Å². The first-order chi connectivity index (χ1) is 7.08. The van der Waals surface area contributed by atoms with Crippen LogP contribution < -0.4 is 5.73 Å². The van der Waals surface area contributed by atoms with Gasteiger partial charge in [-0.05, 0) is 55.1 Å². The van der Waals surface area contributed by atoms with Crippen molar-refractivity contribution in [2.45, 2.75) is 18.9 Å². The average Bonchev–Trinajstić information content (AvgIpc) is 2.19. The number of nitrogens with zero attached hydrogens (tertiary/aromatic N) is 2. The summed E-state index contributed by atoms with van der Waals surface area (Å²) in [4.78, 5) is 6.45. The smallest absolute Gasteiger partial charge is 0.0419 e. The lowest BCUT2D eigenvalue weighted by Crippen LogP contribution is -2.28. The summed E-state index contributed by atoms with van der Waals surface area (Å²) in [7, 11) is 4.12. The lowest BCUT2D eigenvalue weighted by atomic mass is 10.1. The van der Waals surface area contributed by atoms with Crippen molar-refractivity contribution in [1.82, 2.24) is 9.88 Å². The van der Waals surface area contributed by atoms with Crippen LogP contribution in [0.25, 0.3) is 0 Å². The Morgan fingerprint density at radius 1 is 1.47 bits per heavy atom. The Morgan fingerprint density at radius 3 is 2.73 bits per heavy atom. The number of pyridine rings is 1. The minimum atomic E-state index is 0.195. The fourth-order valence-corrected chi connectivity index (χ4v) is 1.56. The van der Waals surface area contributed by atoms with Gasteiger partial charge in [0.05, 0.1) is 0 Å². The van der Waals surface area contributed by atoms with Crippen LogP contribution in [0.5, 0.6) is 0 Å². The van der Waals surface area contributed by atoms with Gasteiger partial charge < -0.3 is 10.6 Å². The van der Waals surface area contributed by atoms with Crippen molar-refractivity contribution in [3.05, 3.63) is 28.5 Å². The molecule has 3 nitrogen and oxygen atoms in total. The zero-order chi connectivity index (χ0) is 11.3. The van der Waals surface area contributed by atoms with E-state index < -0.39 is 0 Å². The van der Waals surface area contributed by atoms with E-state index in [9.17, 15) is 0 Å². The van der Waals surface area contributed by atoms with Crippen molar-refractivity contribution in [2.24, 2.45) is 5.73 Å². The van der Waals surface area contributed by atoms with Crippen LogP contribution in [0.2, 0.25) is 0 Å². The quantitative estimate of drug-likeness (QED) is 0.886. The van der Waals surface area contributed by atoms with E-state index in [4.69, 9.17) is 5.73 Å². The van der Waals surface area contributed by atoms with Gasteiger partial charge in [0.15, 0.2) is 0 Å². The highest BCUT2D eigenvalue weighted by Gasteiger charge is 2.05. The first-order valence-corrected chi connectivity index (χ1v) is 5.88. The number of aromatic nitrogens is 1. The van der Waals surface area contributed by atoms with Crippen LogP contribution in [0.15, 0.2) is 22.8 Å². The summed E-state index contributed by atoms with van der Waals surface area (Å²) < 4.78 is 1.01. The number of halogens is 1. The molecule has 1 aromatic heterocycles. The molecule has 0 spiro atoms. The molecule has 0 aliphatic heterocycles. The summed E-state index contributed by atoms with van der Waals surface area (Å²) in [6, 6.07) is 4.21. The van der Waals surface area contributed by atoms with E-state index in [1.54, 1.807) is 0 Å². The molecular formula is C11H18BrN3. The third-order valence-electron chi connectivity index (χ3n) is 2.21. The number of rotatable bonds is 5. The van der Waals surface area contributed by atoms with Gasteiger partial charge in [-0.3, -0.25) is 4.98 Å². The molecule has 0 aromatic carbocycles. The van der Waals surface area contributed by atoms with Gasteiger partial charge >= 0.3 is 0 Å². The monoisotopic (exact) mass is 271 g/mol. The Hall–Kier alpha value is -0.450. The van der Waals surface area contributed by atoms with Gasteiger partial charge in [-0.2, -0.15) is 0 Å². The third-order valence-corrected chi connectivity index (χ3v) is 2.68. The van der Waals surface area contributed by atoms with Crippen LogP contribution in [0.3, 0.4) is 0 Å². The predicted molar refractivity (Wildman–Crippen MR) is 66.8 cm³/mol. The molecule has 0 saturated carbocycles. The summed E-state index contributed by atoms with van der Waals surface area (Å²) in [5.74, 6) is 0. The second-order valence-electron chi connectivity index (χ2n) is 4.02. The maximum atomic E-state index is 6.01. The van der Waals surface area contributed by atoms with Crippen LogP contribution in [-0.2, 0) is 6.42 Å². The maximum Gasteiger partial charge on any atom is 0.0419 e. The van der Waals surface area contributed by atoms with Crippen molar-refractivity contribution in [1.29, 1.82) is 0 Å². The molecule has 2 N–H and O–H groups in total. The molecule has 0 radical (unpaired) electrons. The van der Waals surface area contributed by atoms with Gasteiger partial charge in [0.2, 0.25) is 0 Å². The van der Waals surface area contributed by atoms with Crippen LogP contribution in [-0.4, -0.2) is 36.6 Å². The first-order valence-electron chi connectivity index (χ1n) is 5.08. The van der Waals surface area contributed by atoms with Crippen LogP contribution in [0.1, 0.15) is 12.1 Å². The Bertz CT molecular complexity index is 284. The van der Waals surface area contributed by atoms with Gasteiger partial charge in [-0.25, -0.2) is 0 Å². The summed E-state index contributed by atoms with van der Waals surface area (Å²) in [6.45, 7) is 1.03. The predicted octanol–water partition coefficient (Wildman–Crippen LogP) is 1.67. The SMILES string of the molecule is CN(C)CCC(N)Cc1ccc(Br)cn1. The van der Waals surface area contributed by atoms with Crippen molar-refractivity contribution in [2.75, 3.05) is 20.6 Å². The summed E-state index contributed by atoms with van der Waals surface area (Å²) >= 11 is 3.36. The second-order valence-corrected chi connectivity index (χ2v) is 4.94. The topological polar surface area (TPSA) is 42.1 Å². The van der Waals surface area contributed by atoms with E-state index in [1.807, 2.05) is 18.3 Å². The van der Waals surface area contributed by atoms with Gasteiger partial charge in [0.25, 0.3) is 0 Å². The van der Waals surface area contributed by atoms with E-state index >= 15 is 0 Å². The standard InChI is InChI=1S/C11H18BrN3/c1-15(2)6-5-10(13)7-11-4-3-9(12)8-14-11/h3-4,8,10H,5-7,13H2,1-2H3. The Balaban J connectivity index is 2.37. The normalized spacial score (nSPS) is 13.1. The summed E-state index contributed by atoms with van der Waals surface area (Å²) in [5.41, 5.74) is 7.07. The maximum absolute atomic E-state index is 6.01.